The van der Waals surface area contributed by atoms with E-state index >= 15 is 0 Å². The smallest absolute Gasteiger partial charge is 0.260 e. The van der Waals surface area contributed by atoms with E-state index in [1.807, 2.05) is 25.1 Å². The van der Waals surface area contributed by atoms with Crippen LogP contribution in [0, 0.1) is 0 Å². The van der Waals surface area contributed by atoms with Crippen LogP contribution in [0.2, 0.25) is 0 Å². The Kier molecular flexibility index (Phi) is 10.5. The van der Waals surface area contributed by atoms with E-state index in [9.17, 15) is 13.2 Å². The van der Waals surface area contributed by atoms with E-state index in [0.717, 1.165) is 17.5 Å². The van der Waals surface area contributed by atoms with E-state index in [1.54, 1.807) is 44.4 Å². The summed E-state index contributed by atoms with van der Waals surface area (Å²) in [5.74, 6) is 0.883. The average Bonchev–Trinajstić information content (AvgIpc) is 3.57. The van der Waals surface area contributed by atoms with Gasteiger partial charge in [-0.15, -0.1) is 0 Å². The van der Waals surface area contributed by atoms with Crippen molar-refractivity contribution in [2.24, 2.45) is 0 Å². The molecule has 39 heavy (non-hydrogen) atoms. The number of hydrogen-bond acceptors (Lipinski definition) is 9. The predicted octanol–water partition coefficient (Wildman–Crippen LogP) is 0.325. The van der Waals surface area contributed by atoms with E-state index in [0.29, 0.717) is 54.0 Å². The number of likely N-dealkylation sites (N-methyl/N-ethyl adjacent to an activating group) is 2. The van der Waals surface area contributed by atoms with Gasteiger partial charge in [0.2, 0.25) is 10.0 Å². The summed E-state index contributed by atoms with van der Waals surface area (Å²) < 4.78 is 44.7. The maximum Gasteiger partial charge on any atom is 0.260 e. The number of benzene rings is 2. The van der Waals surface area contributed by atoms with Crippen LogP contribution >= 0.6 is 11.3 Å². The van der Waals surface area contributed by atoms with Crippen LogP contribution in [-0.2, 0) is 14.8 Å². The summed E-state index contributed by atoms with van der Waals surface area (Å²) in [6, 6.07) is 9.69. The van der Waals surface area contributed by atoms with Crippen molar-refractivity contribution in [1.82, 2.24) is 14.2 Å². The molecule has 1 unspecified atom stereocenters. The molecule has 1 aromatic heterocycles. The van der Waals surface area contributed by atoms with Crippen molar-refractivity contribution in [2.45, 2.75) is 23.8 Å². The van der Waals surface area contributed by atoms with Crippen LogP contribution in [0.3, 0.4) is 0 Å². The Bertz CT molecular complexity index is 1330. The van der Waals surface area contributed by atoms with Crippen LogP contribution in [0.5, 0.6) is 11.5 Å². The fourth-order valence-corrected chi connectivity index (χ4v) is 6.42. The standard InChI is InChI=1S/C26H34N4O6S2.ClH/c1-28(2)12-13-30(26-27-21-15-22(34-4)23(35-5)16-24(21)37-26)25(31)18-8-10-20(11-9-18)38(32,33)29(3)17-19-7-6-14-36-19;/h8-11,15-16,19H,6-7,12-14,17H2,1-5H3;1H/p-1. The number of nitrogens with zero attached hydrogens (tertiary/aromatic N) is 4. The zero-order chi connectivity index (χ0) is 27.4. The molecular weight excluding hydrogens is 564 g/mol. The molecule has 1 saturated heterocycles. The Balaban J connectivity index is 0.00000420. The van der Waals surface area contributed by atoms with Crippen molar-refractivity contribution in [3.05, 3.63) is 42.0 Å². The largest absolute Gasteiger partial charge is 1.00 e. The van der Waals surface area contributed by atoms with Gasteiger partial charge in [0, 0.05) is 51.0 Å². The van der Waals surface area contributed by atoms with Crippen molar-refractivity contribution in [3.63, 3.8) is 0 Å². The first-order valence-electron chi connectivity index (χ1n) is 12.3. The molecule has 0 bridgehead atoms. The van der Waals surface area contributed by atoms with Crippen molar-refractivity contribution >= 4 is 42.6 Å². The van der Waals surface area contributed by atoms with Crippen molar-refractivity contribution in [1.29, 1.82) is 0 Å². The number of ether oxygens (including phenoxy) is 3. The third-order valence-electron chi connectivity index (χ3n) is 6.42. The average molecular weight is 598 g/mol. The molecule has 3 aromatic rings. The van der Waals surface area contributed by atoms with Gasteiger partial charge in [0.15, 0.2) is 16.6 Å². The maximum atomic E-state index is 13.7. The molecule has 214 valence electrons. The number of carbonyl (C=O) groups excluding carboxylic acids is 1. The molecule has 0 N–H and O–H groups in total. The molecular formula is C26H34ClN4O6S2-. The molecule has 0 radical (unpaired) electrons. The minimum absolute atomic E-state index is 0. The van der Waals surface area contributed by atoms with Gasteiger partial charge in [-0.2, -0.15) is 4.31 Å². The van der Waals surface area contributed by atoms with Gasteiger partial charge in [-0.3, -0.25) is 9.69 Å². The first-order valence-corrected chi connectivity index (χ1v) is 14.6. The minimum atomic E-state index is -3.71. The Morgan fingerprint density at radius 1 is 1.08 bits per heavy atom. The summed E-state index contributed by atoms with van der Waals surface area (Å²) in [5, 5.41) is 0.537. The normalized spacial score (nSPS) is 15.5. The number of carbonyl (C=O) groups is 1. The Morgan fingerprint density at radius 3 is 2.33 bits per heavy atom. The number of fused-ring (bicyclic) bond motifs is 1. The fraction of sp³-hybridized carbons (Fsp3) is 0.462. The zero-order valence-electron chi connectivity index (χ0n) is 22.7. The van der Waals surface area contributed by atoms with Gasteiger partial charge in [0.05, 0.1) is 35.4 Å². The van der Waals surface area contributed by atoms with Crippen LogP contribution < -0.4 is 26.8 Å². The molecule has 0 spiro atoms. The molecule has 1 atom stereocenters. The molecule has 0 aliphatic carbocycles. The number of aromatic nitrogens is 1. The van der Waals surface area contributed by atoms with Gasteiger partial charge in [0.25, 0.3) is 5.91 Å². The van der Waals surface area contributed by atoms with E-state index in [4.69, 9.17) is 19.2 Å². The first kappa shape index (κ1) is 31.1. The zero-order valence-corrected chi connectivity index (χ0v) is 25.1. The lowest BCUT2D eigenvalue weighted by Crippen LogP contribution is -3.00. The quantitative estimate of drug-likeness (QED) is 0.312. The first-order chi connectivity index (χ1) is 18.1. The van der Waals surface area contributed by atoms with Gasteiger partial charge in [-0.05, 0) is 51.2 Å². The van der Waals surface area contributed by atoms with Crippen LogP contribution in [0.4, 0.5) is 5.13 Å². The molecule has 1 aliphatic heterocycles. The number of anilines is 1. The number of sulfonamides is 1. The van der Waals surface area contributed by atoms with Gasteiger partial charge in [-0.25, -0.2) is 13.4 Å². The number of methoxy groups -OCH3 is 2. The third-order valence-corrected chi connectivity index (χ3v) is 9.30. The highest BCUT2D eigenvalue weighted by Gasteiger charge is 2.27. The van der Waals surface area contributed by atoms with E-state index < -0.39 is 10.0 Å². The molecule has 1 amide bonds. The highest BCUT2D eigenvalue weighted by atomic mass is 35.5. The van der Waals surface area contributed by atoms with Crippen molar-refractivity contribution in [3.8, 4) is 11.5 Å². The van der Waals surface area contributed by atoms with E-state index in [1.165, 1.54) is 27.8 Å². The molecule has 0 saturated carbocycles. The lowest BCUT2D eigenvalue weighted by atomic mass is 10.2. The second-order valence-corrected chi connectivity index (χ2v) is 12.4. The molecule has 1 aliphatic rings. The third kappa shape index (κ3) is 7.00. The number of hydrogen-bond donors (Lipinski definition) is 0. The van der Waals surface area contributed by atoms with Crippen LogP contribution in [0.1, 0.15) is 23.2 Å². The molecule has 13 heteroatoms. The highest BCUT2D eigenvalue weighted by Crippen LogP contribution is 2.37. The van der Waals surface area contributed by atoms with Gasteiger partial charge < -0.3 is 31.5 Å². The van der Waals surface area contributed by atoms with Crippen LogP contribution in [0.15, 0.2) is 41.3 Å². The molecule has 10 nitrogen and oxygen atoms in total. The van der Waals surface area contributed by atoms with Crippen molar-refractivity contribution < 1.29 is 39.8 Å². The Hall–Kier alpha value is -2.48. The number of halogens is 1. The second-order valence-electron chi connectivity index (χ2n) is 9.38. The lowest BCUT2D eigenvalue weighted by Gasteiger charge is -2.22. The topological polar surface area (TPSA) is 102 Å². The summed E-state index contributed by atoms with van der Waals surface area (Å²) in [4.78, 5) is 22.1. The monoisotopic (exact) mass is 597 g/mol. The summed E-state index contributed by atoms with van der Waals surface area (Å²) in [6.07, 6.45) is 1.70. The second kappa shape index (κ2) is 13.2. The van der Waals surface area contributed by atoms with Gasteiger partial charge >= 0.3 is 0 Å². The molecule has 2 aromatic carbocycles. The Morgan fingerprint density at radius 2 is 1.74 bits per heavy atom. The van der Waals surface area contributed by atoms with E-state index in [-0.39, 0.29) is 29.3 Å². The maximum absolute atomic E-state index is 13.7. The minimum Gasteiger partial charge on any atom is -1.00 e. The van der Waals surface area contributed by atoms with Gasteiger partial charge in [0.1, 0.15) is 0 Å². The summed E-state index contributed by atoms with van der Waals surface area (Å²) in [7, 11) is 4.85. The molecule has 1 fully saturated rings. The van der Waals surface area contributed by atoms with Crippen LogP contribution in [-0.4, -0.2) is 96.2 Å². The summed E-state index contributed by atoms with van der Waals surface area (Å²) in [5.41, 5.74) is 1.07. The number of thiazole rings is 1. The lowest BCUT2D eigenvalue weighted by molar-refractivity contribution is -0.0000194. The summed E-state index contributed by atoms with van der Waals surface area (Å²) >= 11 is 1.38. The number of rotatable bonds is 11. The van der Waals surface area contributed by atoms with Gasteiger partial charge in [-0.1, -0.05) is 11.3 Å². The SMILES string of the molecule is COc1cc2nc(N(CCN(C)C)C(=O)c3ccc(S(=O)(=O)N(C)CC4CCCO4)cc3)sc2cc1OC.[Cl-]. The number of amides is 1. The van der Waals surface area contributed by atoms with E-state index in [2.05, 4.69) is 0 Å². The molecule has 2 heterocycles. The fourth-order valence-electron chi connectivity index (χ4n) is 4.22. The summed E-state index contributed by atoms with van der Waals surface area (Å²) in [6.45, 7) is 1.99. The molecule has 4 rings (SSSR count). The highest BCUT2D eigenvalue weighted by molar-refractivity contribution is 7.89. The van der Waals surface area contributed by atoms with Crippen molar-refractivity contribution in [2.75, 3.05) is 66.5 Å². The Labute approximate surface area is 239 Å². The predicted molar refractivity (Wildman–Crippen MR) is 148 cm³/mol. The van der Waals surface area contributed by atoms with Crippen LogP contribution in [0.25, 0.3) is 10.2 Å².